The number of benzene rings is 2. The summed E-state index contributed by atoms with van der Waals surface area (Å²) in [4.78, 5) is 12.2. The summed E-state index contributed by atoms with van der Waals surface area (Å²) in [5.41, 5.74) is 1.19. The predicted octanol–water partition coefficient (Wildman–Crippen LogP) is 3.90. The Morgan fingerprint density at radius 1 is 1.13 bits per heavy atom. The molecule has 2 atom stereocenters. The van der Waals surface area contributed by atoms with Gasteiger partial charge in [-0.05, 0) is 31.0 Å². The van der Waals surface area contributed by atoms with Crippen molar-refractivity contribution in [2.24, 2.45) is 0 Å². The van der Waals surface area contributed by atoms with Crippen molar-refractivity contribution in [3.8, 4) is 5.75 Å². The fourth-order valence-corrected chi connectivity index (χ4v) is 2.37. The number of ether oxygens (including phenoxy) is 1. The highest BCUT2D eigenvalue weighted by atomic mass is 19.1. The van der Waals surface area contributed by atoms with Crippen LogP contribution in [0.4, 0.5) is 4.39 Å². The van der Waals surface area contributed by atoms with Crippen LogP contribution >= 0.6 is 0 Å². The molecule has 0 aliphatic rings. The minimum Gasteiger partial charge on any atom is -0.478 e. The quantitative estimate of drug-likeness (QED) is 0.841. The maximum absolute atomic E-state index is 13.5. The number of amides is 1. The number of para-hydroxylation sites is 1. The van der Waals surface area contributed by atoms with E-state index in [2.05, 4.69) is 24.4 Å². The van der Waals surface area contributed by atoms with Crippen LogP contribution in [-0.2, 0) is 4.79 Å². The Morgan fingerprint density at radius 3 is 2.43 bits per heavy atom. The number of carbonyl (C=O) groups is 1. The van der Waals surface area contributed by atoms with Crippen LogP contribution in [0.25, 0.3) is 0 Å². The Bertz CT molecular complexity index is 630. The molecule has 1 N–H and O–H groups in total. The van der Waals surface area contributed by atoms with Gasteiger partial charge in [-0.15, -0.1) is 0 Å². The van der Waals surface area contributed by atoms with Gasteiger partial charge in [0.25, 0.3) is 5.91 Å². The highest BCUT2D eigenvalue weighted by molar-refractivity contribution is 5.80. The maximum Gasteiger partial charge on any atom is 0.260 e. The van der Waals surface area contributed by atoms with Gasteiger partial charge in [0.15, 0.2) is 17.7 Å². The van der Waals surface area contributed by atoms with E-state index in [4.69, 9.17) is 4.74 Å². The zero-order valence-electron chi connectivity index (χ0n) is 13.5. The van der Waals surface area contributed by atoms with E-state index in [0.29, 0.717) is 6.54 Å². The molecule has 4 heteroatoms. The van der Waals surface area contributed by atoms with Gasteiger partial charge in [0.05, 0.1) is 0 Å². The van der Waals surface area contributed by atoms with E-state index in [9.17, 15) is 9.18 Å². The lowest BCUT2D eigenvalue weighted by Crippen LogP contribution is -2.38. The van der Waals surface area contributed by atoms with Gasteiger partial charge >= 0.3 is 0 Å². The number of halogens is 1. The molecule has 3 nitrogen and oxygen atoms in total. The lowest BCUT2D eigenvalue weighted by atomic mass is 9.96. The highest BCUT2D eigenvalue weighted by Crippen LogP contribution is 2.19. The number of rotatable bonds is 7. The molecule has 0 spiro atoms. The normalized spacial score (nSPS) is 13.2. The van der Waals surface area contributed by atoms with E-state index >= 15 is 0 Å². The van der Waals surface area contributed by atoms with Crippen molar-refractivity contribution in [1.82, 2.24) is 5.32 Å². The molecule has 0 saturated heterocycles. The zero-order valence-corrected chi connectivity index (χ0v) is 13.5. The van der Waals surface area contributed by atoms with Gasteiger partial charge in [0.1, 0.15) is 0 Å². The Balaban J connectivity index is 1.89. The van der Waals surface area contributed by atoms with Crippen molar-refractivity contribution in [2.45, 2.75) is 32.3 Å². The van der Waals surface area contributed by atoms with Crippen molar-refractivity contribution in [3.63, 3.8) is 0 Å². The molecule has 23 heavy (non-hydrogen) atoms. The number of hydrogen-bond donors (Lipinski definition) is 1. The van der Waals surface area contributed by atoms with Crippen molar-refractivity contribution < 1.29 is 13.9 Å². The Labute approximate surface area is 136 Å². The van der Waals surface area contributed by atoms with Gasteiger partial charge in [0.2, 0.25) is 0 Å². The second-order valence-corrected chi connectivity index (χ2v) is 5.45. The second-order valence-electron chi connectivity index (χ2n) is 5.45. The van der Waals surface area contributed by atoms with Crippen LogP contribution < -0.4 is 10.1 Å². The van der Waals surface area contributed by atoms with E-state index in [1.807, 2.05) is 18.2 Å². The van der Waals surface area contributed by atoms with Gasteiger partial charge in [-0.1, -0.05) is 49.4 Å². The molecular weight excluding hydrogens is 293 g/mol. The standard InChI is InChI=1S/C19H22FNO2/c1-3-15(16-9-5-4-6-10-16)13-21-19(22)14(2)23-18-12-8-7-11-17(18)20/h4-12,14-15H,3,13H2,1-2H3,(H,21,22)/t14-,15-/m0/s1. The molecule has 0 unspecified atom stereocenters. The van der Waals surface area contributed by atoms with E-state index in [1.54, 1.807) is 19.1 Å². The first-order valence-corrected chi connectivity index (χ1v) is 7.85. The third kappa shape index (κ3) is 4.81. The van der Waals surface area contributed by atoms with Crippen LogP contribution in [0.5, 0.6) is 5.75 Å². The summed E-state index contributed by atoms with van der Waals surface area (Å²) in [6.07, 6.45) is 0.174. The fourth-order valence-electron chi connectivity index (χ4n) is 2.37. The molecule has 2 aromatic carbocycles. The highest BCUT2D eigenvalue weighted by Gasteiger charge is 2.18. The summed E-state index contributed by atoms with van der Waals surface area (Å²) >= 11 is 0. The van der Waals surface area contributed by atoms with Crippen LogP contribution in [0.1, 0.15) is 31.7 Å². The van der Waals surface area contributed by atoms with Crippen LogP contribution in [0.3, 0.4) is 0 Å². The third-order valence-corrected chi connectivity index (χ3v) is 3.80. The first-order chi connectivity index (χ1) is 11.1. The minimum atomic E-state index is -0.750. The monoisotopic (exact) mass is 315 g/mol. The van der Waals surface area contributed by atoms with Crippen LogP contribution in [-0.4, -0.2) is 18.6 Å². The van der Waals surface area contributed by atoms with E-state index in [1.165, 1.54) is 17.7 Å². The summed E-state index contributed by atoms with van der Waals surface area (Å²) in [6.45, 7) is 4.23. The first-order valence-electron chi connectivity index (χ1n) is 7.85. The van der Waals surface area contributed by atoms with E-state index < -0.39 is 11.9 Å². The molecule has 0 radical (unpaired) electrons. The van der Waals surface area contributed by atoms with E-state index in [0.717, 1.165) is 6.42 Å². The molecule has 0 fully saturated rings. The van der Waals surface area contributed by atoms with Crippen LogP contribution in [0.15, 0.2) is 54.6 Å². The van der Waals surface area contributed by atoms with Crippen molar-refractivity contribution in [3.05, 3.63) is 66.0 Å². The maximum atomic E-state index is 13.5. The van der Waals surface area contributed by atoms with Crippen LogP contribution in [0.2, 0.25) is 0 Å². The van der Waals surface area contributed by atoms with Crippen LogP contribution in [0, 0.1) is 5.82 Å². The van der Waals surface area contributed by atoms with Crippen molar-refractivity contribution >= 4 is 5.91 Å². The van der Waals surface area contributed by atoms with Crippen molar-refractivity contribution in [1.29, 1.82) is 0 Å². The lowest BCUT2D eigenvalue weighted by Gasteiger charge is -2.19. The number of nitrogens with one attached hydrogen (secondary N) is 1. The summed E-state index contributed by atoms with van der Waals surface area (Å²) in [5.74, 6) is -0.378. The molecule has 122 valence electrons. The molecule has 0 aliphatic heterocycles. The van der Waals surface area contributed by atoms with Gasteiger partial charge in [0, 0.05) is 12.5 Å². The topological polar surface area (TPSA) is 38.3 Å². The summed E-state index contributed by atoms with van der Waals surface area (Å²) in [6, 6.07) is 16.1. The van der Waals surface area contributed by atoms with E-state index in [-0.39, 0.29) is 17.6 Å². The molecular formula is C19H22FNO2. The van der Waals surface area contributed by atoms with Gasteiger partial charge in [-0.25, -0.2) is 4.39 Å². The molecule has 2 aromatic rings. The molecule has 0 bridgehead atoms. The average Bonchev–Trinajstić information content (AvgIpc) is 2.58. The summed E-state index contributed by atoms with van der Waals surface area (Å²) in [5, 5.41) is 2.89. The smallest absolute Gasteiger partial charge is 0.260 e. The van der Waals surface area contributed by atoms with Crippen molar-refractivity contribution in [2.75, 3.05) is 6.54 Å². The SMILES string of the molecule is CC[C@@H](CNC(=O)[C@H](C)Oc1ccccc1F)c1ccccc1. The molecule has 0 heterocycles. The largest absolute Gasteiger partial charge is 0.478 e. The average molecular weight is 315 g/mol. The first kappa shape index (κ1) is 17.0. The second kappa shape index (κ2) is 8.32. The third-order valence-electron chi connectivity index (χ3n) is 3.80. The summed E-state index contributed by atoms with van der Waals surface area (Å²) < 4.78 is 18.9. The Hall–Kier alpha value is -2.36. The molecule has 1 amide bonds. The molecule has 0 aliphatic carbocycles. The molecule has 0 saturated carbocycles. The Morgan fingerprint density at radius 2 is 1.78 bits per heavy atom. The predicted molar refractivity (Wildman–Crippen MR) is 89.0 cm³/mol. The lowest BCUT2D eigenvalue weighted by molar-refractivity contribution is -0.127. The number of hydrogen-bond acceptors (Lipinski definition) is 2. The molecule has 0 aromatic heterocycles. The number of carbonyl (C=O) groups excluding carboxylic acids is 1. The van der Waals surface area contributed by atoms with Gasteiger partial charge < -0.3 is 10.1 Å². The minimum absolute atomic E-state index is 0.0882. The summed E-state index contributed by atoms with van der Waals surface area (Å²) in [7, 11) is 0. The fraction of sp³-hybridized carbons (Fsp3) is 0.316. The van der Waals surface area contributed by atoms with Gasteiger partial charge in [-0.2, -0.15) is 0 Å². The zero-order chi connectivity index (χ0) is 16.7. The Kier molecular flexibility index (Phi) is 6.15. The molecule has 2 rings (SSSR count). The van der Waals surface area contributed by atoms with Gasteiger partial charge in [-0.3, -0.25) is 4.79 Å².